The smallest absolute Gasteiger partial charge is 0.258 e. The van der Waals surface area contributed by atoms with Crippen LogP contribution in [0, 0.1) is 6.92 Å². The van der Waals surface area contributed by atoms with E-state index >= 15 is 0 Å². The number of hydrogen-bond donors (Lipinski definition) is 1. The van der Waals surface area contributed by atoms with Gasteiger partial charge in [-0.1, -0.05) is 18.5 Å². The lowest BCUT2D eigenvalue weighted by atomic mass is 10.2. The van der Waals surface area contributed by atoms with Gasteiger partial charge in [0.2, 0.25) is 5.88 Å². The Labute approximate surface area is 141 Å². The molecule has 1 unspecified atom stereocenters. The van der Waals surface area contributed by atoms with E-state index in [1.54, 1.807) is 18.2 Å². The lowest BCUT2D eigenvalue weighted by Crippen LogP contribution is -2.35. The third-order valence-electron chi connectivity index (χ3n) is 3.30. The van der Waals surface area contributed by atoms with Gasteiger partial charge in [0.1, 0.15) is 0 Å². The highest BCUT2D eigenvalue weighted by Crippen LogP contribution is 2.21. The van der Waals surface area contributed by atoms with Crippen molar-refractivity contribution in [1.82, 2.24) is 15.3 Å². The monoisotopic (exact) mass is 333 g/mol. The van der Waals surface area contributed by atoms with Gasteiger partial charge in [-0.15, -0.1) is 0 Å². The van der Waals surface area contributed by atoms with E-state index in [2.05, 4.69) is 15.3 Å². The summed E-state index contributed by atoms with van der Waals surface area (Å²) in [4.78, 5) is 20.5. The number of aryl methyl sites for hydroxylation is 1. The molecule has 0 aliphatic heterocycles. The Morgan fingerprint density at radius 3 is 2.65 bits per heavy atom. The zero-order valence-corrected chi connectivity index (χ0v) is 14.2. The molecule has 0 spiro atoms. The topological polar surface area (TPSA) is 64.1 Å². The van der Waals surface area contributed by atoms with Gasteiger partial charge in [0.15, 0.2) is 12.4 Å². The molecule has 6 heteroatoms. The Bertz CT molecular complexity index is 674. The van der Waals surface area contributed by atoms with Gasteiger partial charge in [0.25, 0.3) is 5.91 Å². The first-order chi connectivity index (χ1) is 11.0. The zero-order valence-electron chi connectivity index (χ0n) is 13.5. The second-order valence-corrected chi connectivity index (χ2v) is 5.78. The van der Waals surface area contributed by atoms with Gasteiger partial charge < -0.3 is 10.1 Å². The molecule has 1 N–H and O–H groups in total. The van der Waals surface area contributed by atoms with E-state index in [-0.39, 0.29) is 18.6 Å². The molecule has 122 valence electrons. The summed E-state index contributed by atoms with van der Waals surface area (Å²) in [6.45, 7) is 5.75. The van der Waals surface area contributed by atoms with Crippen molar-refractivity contribution in [3.8, 4) is 17.3 Å². The standard InChI is InChI=1S/C17H20ClN3O2/c1-4-11(2)19-15(22)10-23-16-9-12(3)20-17(21-16)13-5-7-14(18)8-6-13/h5-9,11H,4,10H2,1-3H3,(H,19,22). The quantitative estimate of drug-likeness (QED) is 0.880. The van der Waals surface area contributed by atoms with Gasteiger partial charge in [-0.3, -0.25) is 4.79 Å². The molecule has 1 aromatic carbocycles. The number of benzene rings is 1. The number of carbonyl (C=O) groups is 1. The van der Waals surface area contributed by atoms with Crippen molar-refractivity contribution in [1.29, 1.82) is 0 Å². The van der Waals surface area contributed by atoms with Crippen LogP contribution in [0.25, 0.3) is 11.4 Å². The van der Waals surface area contributed by atoms with Gasteiger partial charge in [-0.2, -0.15) is 4.98 Å². The molecule has 0 bridgehead atoms. The average Bonchev–Trinajstić information content (AvgIpc) is 2.53. The van der Waals surface area contributed by atoms with E-state index in [9.17, 15) is 4.79 Å². The van der Waals surface area contributed by atoms with Crippen molar-refractivity contribution in [2.45, 2.75) is 33.2 Å². The maximum absolute atomic E-state index is 11.8. The predicted octanol–water partition coefficient (Wildman–Crippen LogP) is 3.40. The van der Waals surface area contributed by atoms with Crippen LogP contribution < -0.4 is 10.1 Å². The minimum absolute atomic E-state index is 0.0686. The van der Waals surface area contributed by atoms with E-state index in [0.717, 1.165) is 17.7 Å². The van der Waals surface area contributed by atoms with Crippen LogP contribution in [0.15, 0.2) is 30.3 Å². The van der Waals surface area contributed by atoms with Gasteiger partial charge in [0.05, 0.1) is 0 Å². The maximum atomic E-state index is 11.8. The van der Waals surface area contributed by atoms with Gasteiger partial charge in [-0.05, 0) is 44.5 Å². The molecule has 1 atom stereocenters. The highest BCUT2D eigenvalue weighted by molar-refractivity contribution is 6.30. The SMILES string of the molecule is CCC(C)NC(=O)COc1cc(C)nc(-c2ccc(Cl)cc2)n1. The van der Waals surface area contributed by atoms with Crippen molar-refractivity contribution in [3.05, 3.63) is 41.0 Å². The Morgan fingerprint density at radius 1 is 1.30 bits per heavy atom. The number of nitrogens with zero attached hydrogens (tertiary/aromatic N) is 2. The summed E-state index contributed by atoms with van der Waals surface area (Å²) >= 11 is 5.89. The molecule has 1 heterocycles. The van der Waals surface area contributed by atoms with Gasteiger partial charge in [0, 0.05) is 28.4 Å². The number of ether oxygens (including phenoxy) is 1. The number of rotatable bonds is 6. The van der Waals surface area contributed by atoms with Gasteiger partial charge in [-0.25, -0.2) is 4.98 Å². The highest BCUT2D eigenvalue weighted by Gasteiger charge is 2.09. The highest BCUT2D eigenvalue weighted by atomic mass is 35.5. The number of amides is 1. The Kier molecular flexibility index (Phi) is 5.93. The van der Waals surface area contributed by atoms with Crippen LogP contribution >= 0.6 is 11.6 Å². The number of carbonyl (C=O) groups excluding carboxylic acids is 1. The first-order valence-corrected chi connectivity index (χ1v) is 7.89. The summed E-state index contributed by atoms with van der Waals surface area (Å²) in [5.41, 5.74) is 1.61. The lowest BCUT2D eigenvalue weighted by molar-refractivity contribution is -0.123. The summed E-state index contributed by atoms with van der Waals surface area (Å²) < 4.78 is 5.49. The van der Waals surface area contributed by atoms with Crippen LogP contribution in [0.3, 0.4) is 0 Å². The summed E-state index contributed by atoms with van der Waals surface area (Å²) in [7, 11) is 0. The molecule has 0 radical (unpaired) electrons. The fourth-order valence-corrected chi connectivity index (χ4v) is 2.03. The van der Waals surface area contributed by atoms with Crippen molar-refractivity contribution < 1.29 is 9.53 Å². The van der Waals surface area contributed by atoms with Crippen molar-refractivity contribution >= 4 is 17.5 Å². The summed E-state index contributed by atoms with van der Waals surface area (Å²) in [5, 5.41) is 3.50. The van der Waals surface area contributed by atoms with Crippen molar-refractivity contribution in [2.24, 2.45) is 0 Å². The van der Waals surface area contributed by atoms with E-state index in [1.807, 2.05) is 32.9 Å². The van der Waals surface area contributed by atoms with Crippen LogP contribution in [-0.2, 0) is 4.79 Å². The number of nitrogens with one attached hydrogen (secondary N) is 1. The second-order valence-electron chi connectivity index (χ2n) is 5.34. The van der Waals surface area contributed by atoms with E-state index in [1.165, 1.54) is 0 Å². The predicted molar refractivity (Wildman–Crippen MR) is 90.6 cm³/mol. The Hall–Kier alpha value is -2.14. The van der Waals surface area contributed by atoms with E-state index in [4.69, 9.17) is 16.3 Å². The molecular weight excluding hydrogens is 314 g/mol. The van der Waals surface area contributed by atoms with Gasteiger partial charge >= 0.3 is 0 Å². The third kappa shape index (κ3) is 5.21. The minimum atomic E-state index is -0.163. The largest absolute Gasteiger partial charge is 0.467 e. The Balaban J connectivity index is 2.08. The summed E-state index contributed by atoms with van der Waals surface area (Å²) in [6.07, 6.45) is 0.874. The Morgan fingerprint density at radius 2 is 2.00 bits per heavy atom. The van der Waals surface area contributed by atoms with Crippen LogP contribution in [0.2, 0.25) is 5.02 Å². The maximum Gasteiger partial charge on any atom is 0.258 e. The lowest BCUT2D eigenvalue weighted by Gasteiger charge is -2.12. The van der Waals surface area contributed by atoms with Crippen LogP contribution in [0.4, 0.5) is 0 Å². The fraction of sp³-hybridized carbons (Fsp3) is 0.353. The first kappa shape index (κ1) is 17.2. The average molecular weight is 334 g/mol. The summed E-state index contributed by atoms with van der Waals surface area (Å²) in [5.74, 6) is 0.754. The molecule has 23 heavy (non-hydrogen) atoms. The first-order valence-electron chi connectivity index (χ1n) is 7.51. The molecule has 0 saturated carbocycles. The fourth-order valence-electron chi connectivity index (χ4n) is 1.90. The number of halogens is 1. The zero-order chi connectivity index (χ0) is 16.8. The normalized spacial score (nSPS) is 11.8. The minimum Gasteiger partial charge on any atom is -0.467 e. The van der Waals surface area contributed by atoms with Crippen LogP contribution in [0.5, 0.6) is 5.88 Å². The van der Waals surface area contributed by atoms with Crippen molar-refractivity contribution in [2.75, 3.05) is 6.61 Å². The van der Waals surface area contributed by atoms with Crippen LogP contribution in [-0.4, -0.2) is 28.5 Å². The van der Waals surface area contributed by atoms with E-state index < -0.39 is 0 Å². The molecule has 0 fully saturated rings. The molecule has 0 aliphatic carbocycles. The molecule has 1 amide bonds. The number of hydrogen-bond acceptors (Lipinski definition) is 4. The molecule has 2 aromatic rings. The molecule has 2 rings (SSSR count). The third-order valence-corrected chi connectivity index (χ3v) is 3.56. The molecule has 0 saturated heterocycles. The molecule has 5 nitrogen and oxygen atoms in total. The number of aromatic nitrogens is 2. The molecular formula is C17H20ClN3O2. The van der Waals surface area contributed by atoms with E-state index in [0.29, 0.717) is 16.7 Å². The van der Waals surface area contributed by atoms with Crippen LogP contribution in [0.1, 0.15) is 26.0 Å². The molecule has 0 aliphatic rings. The summed E-state index contributed by atoms with van der Waals surface area (Å²) in [6, 6.07) is 9.08. The second kappa shape index (κ2) is 7.92. The van der Waals surface area contributed by atoms with Crippen molar-refractivity contribution in [3.63, 3.8) is 0 Å². The molecule has 1 aromatic heterocycles.